The van der Waals surface area contributed by atoms with Crippen molar-refractivity contribution in [2.75, 3.05) is 57.3 Å². The van der Waals surface area contributed by atoms with Gasteiger partial charge in [0.25, 0.3) is 5.69 Å². The number of carbonyl (C=O) groups is 2. The average Bonchev–Trinajstić information content (AvgIpc) is 2.93. The van der Waals surface area contributed by atoms with Crippen molar-refractivity contribution in [1.29, 1.82) is 0 Å². The topological polar surface area (TPSA) is 99.5 Å². The maximum Gasteiger partial charge on any atom is 0.409 e. The first kappa shape index (κ1) is 25.9. The first-order valence-electron chi connectivity index (χ1n) is 13.0. The largest absolute Gasteiger partial charge is 0.450 e. The van der Waals surface area contributed by atoms with E-state index in [4.69, 9.17) is 4.74 Å². The molecule has 3 heterocycles. The molecule has 10 nitrogen and oxygen atoms in total. The van der Waals surface area contributed by atoms with Gasteiger partial charge in [0.1, 0.15) is 5.82 Å². The van der Waals surface area contributed by atoms with Crippen molar-refractivity contribution in [2.24, 2.45) is 5.92 Å². The van der Waals surface area contributed by atoms with Crippen LogP contribution in [0.15, 0.2) is 42.5 Å². The molecule has 2 saturated heterocycles. The average molecular weight is 526 g/mol. The third-order valence-corrected chi connectivity index (χ3v) is 7.74. The summed E-state index contributed by atoms with van der Waals surface area (Å²) in [6.07, 6.45) is 0.0489. The van der Waals surface area contributed by atoms with Gasteiger partial charge in [0.05, 0.1) is 23.5 Å². The quantitative estimate of drug-likeness (QED) is 0.437. The maximum absolute atomic E-state index is 13.9. The molecule has 0 spiro atoms. The number of benzene rings is 2. The fourth-order valence-electron chi connectivity index (χ4n) is 5.82. The molecular weight excluding hydrogens is 493 g/mol. The molecule has 0 aliphatic carbocycles. The van der Waals surface area contributed by atoms with E-state index >= 15 is 0 Å². The Labute approximate surface area is 220 Å². The highest BCUT2D eigenvalue weighted by Crippen LogP contribution is 2.38. The van der Waals surface area contributed by atoms with Crippen molar-refractivity contribution in [1.82, 2.24) is 14.7 Å². The Morgan fingerprint density at radius 1 is 1.03 bits per heavy atom. The lowest BCUT2D eigenvalue weighted by Crippen LogP contribution is -2.62. The van der Waals surface area contributed by atoms with E-state index in [1.165, 1.54) is 18.2 Å². The highest BCUT2D eigenvalue weighted by molar-refractivity contribution is 5.83. The van der Waals surface area contributed by atoms with Crippen LogP contribution in [0.2, 0.25) is 0 Å². The van der Waals surface area contributed by atoms with E-state index in [2.05, 4.69) is 9.80 Å². The van der Waals surface area contributed by atoms with Gasteiger partial charge in [0.2, 0.25) is 5.91 Å². The maximum atomic E-state index is 13.9. The van der Waals surface area contributed by atoms with Crippen LogP contribution in [-0.2, 0) is 22.5 Å². The molecule has 0 radical (unpaired) electrons. The van der Waals surface area contributed by atoms with E-state index in [1.54, 1.807) is 41.0 Å². The number of non-ortho nitro benzene ring substituents is 1. The van der Waals surface area contributed by atoms with Crippen molar-refractivity contribution >= 4 is 23.4 Å². The molecule has 2 aromatic carbocycles. The first-order chi connectivity index (χ1) is 18.3. The van der Waals surface area contributed by atoms with Gasteiger partial charge in [-0.25, -0.2) is 9.18 Å². The number of anilines is 1. The van der Waals surface area contributed by atoms with Crippen LogP contribution in [0.3, 0.4) is 0 Å². The number of nitro groups is 1. The fourth-order valence-corrected chi connectivity index (χ4v) is 5.82. The Morgan fingerprint density at radius 3 is 2.42 bits per heavy atom. The number of nitrogens with zero attached hydrogens (tertiary/aromatic N) is 5. The monoisotopic (exact) mass is 525 g/mol. The van der Waals surface area contributed by atoms with Crippen molar-refractivity contribution in [3.05, 3.63) is 69.5 Å². The molecule has 3 aliphatic heterocycles. The van der Waals surface area contributed by atoms with E-state index in [9.17, 15) is 24.1 Å². The van der Waals surface area contributed by atoms with Gasteiger partial charge in [-0.2, -0.15) is 0 Å². The van der Waals surface area contributed by atoms with Gasteiger partial charge < -0.3 is 19.4 Å². The van der Waals surface area contributed by atoms with Gasteiger partial charge in [-0.1, -0.05) is 12.1 Å². The van der Waals surface area contributed by atoms with E-state index in [0.717, 1.165) is 23.4 Å². The number of rotatable bonds is 5. The molecule has 0 N–H and O–H groups in total. The molecule has 2 fully saturated rings. The Balaban J connectivity index is 1.37. The Bertz CT molecular complexity index is 1200. The molecule has 2 atom stereocenters. The predicted molar refractivity (Wildman–Crippen MR) is 138 cm³/mol. The summed E-state index contributed by atoms with van der Waals surface area (Å²) >= 11 is 0. The van der Waals surface area contributed by atoms with Gasteiger partial charge in [0.15, 0.2) is 0 Å². The van der Waals surface area contributed by atoms with Crippen LogP contribution in [0.25, 0.3) is 0 Å². The lowest BCUT2D eigenvalue weighted by Gasteiger charge is -2.50. The lowest BCUT2D eigenvalue weighted by molar-refractivity contribution is -0.384. The Morgan fingerprint density at radius 2 is 1.74 bits per heavy atom. The molecule has 38 heavy (non-hydrogen) atoms. The summed E-state index contributed by atoms with van der Waals surface area (Å²) in [5.74, 6) is -0.649. The SMILES string of the molecule is CCOC(=O)N1CCN(C(=O)C2Cc3cc([N+](=O)[O-])ccc3N3CCN(Cc4ccc(F)cc4)CC23)CC1. The minimum Gasteiger partial charge on any atom is -0.450 e. The number of halogens is 1. The van der Waals surface area contributed by atoms with Crippen LogP contribution in [0.1, 0.15) is 18.1 Å². The molecule has 202 valence electrons. The van der Waals surface area contributed by atoms with Crippen molar-refractivity contribution in [3.8, 4) is 0 Å². The number of carbonyl (C=O) groups excluding carboxylic acids is 2. The van der Waals surface area contributed by atoms with Crippen LogP contribution >= 0.6 is 0 Å². The van der Waals surface area contributed by atoms with Crippen LogP contribution in [0.5, 0.6) is 0 Å². The van der Waals surface area contributed by atoms with Crippen LogP contribution in [0.4, 0.5) is 20.6 Å². The minimum atomic E-state index is -0.404. The zero-order valence-corrected chi connectivity index (χ0v) is 21.4. The molecule has 3 aliphatic rings. The third kappa shape index (κ3) is 5.28. The van der Waals surface area contributed by atoms with Gasteiger partial charge in [-0.05, 0) is 42.7 Å². The van der Waals surface area contributed by atoms with E-state index in [0.29, 0.717) is 58.8 Å². The second-order valence-electron chi connectivity index (χ2n) is 10.0. The summed E-state index contributed by atoms with van der Waals surface area (Å²) in [7, 11) is 0. The summed E-state index contributed by atoms with van der Waals surface area (Å²) in [5.41, 5.74) is 2.78. The second-order valence-corrected chi connectivity index (χ2v) is 10.0. The van der Waals surface area contributed by atoms with E-state index < -0.39 is 4.92 Å². The molecule has 0 aromatic heterocycles. The molecule has 2 amide bonds. The Kier molecular flexibility index (Phi) is 7.46. The van der Waals surface area contributed by atoms with Gasteiger partial charge in [0, 0.05) is 70.2 Å². The summed E-state index contributed by atoms with van der Waals surface area (Å²) in [5, 5.41) is 11.4. The smallest absolute Gasteiger partial charge is 0.409 e. The fraction of sp³-hybridized carbons (Fsp3) is 0.481. The molecule has 0 saturated carbocycles. The second kappa shape index (κ2) is 10.9. The normalized spacial score (nSPS) is 21.5. The predicted octanol–water partition coefficient (Wildman–Crippen LogP) is 2.90. The number of nitro benzene ring substituents is 1. The number of ether oxygens (including phenoxy) is 1. The van der Waals surface area contributed by atoms with Crippen LogP contribution < -0.4 is 4.90 Å². The van der Waals surface area contributed by atoms with Crippen molar-refractivity contribution in [3.63, 3.8) is 0 Å². The van der Waals surface area contributed by atoms with Gasteiger partial charge in [-0.3, -0.25) is 19.8 Å². The van der Waals surface area contributed by atoms with Gasteiger partial charge >= 0.3 is 6.09 Å². The number of hydrogen-bond acceptors (Lipinski definition) is 7. The minimum absolute atomic E-state index is 0.00398. The van der Waals surface area contributed by atoms with E-state index in [1.807, 2.05) is 0 Å². The molecule has 0 bridgehead atoms. The lowest BCUT2D eigenvalue weighted by atomic mass is 9.82. The van der Waals surface area contributed by atoms with Crippen molar-refractivity contribution in [2.45, 2.75) is 25.9 Å². The zero-order chi connectivity index (χ0) is 26.8. The highest BCUT2D eigenvalue weighted by atomic mass is 19.1. The molecular formula is C27H32FN5O5. The van der Waals surface area contributed by atoms with Crippen LogP contribution in [-0.4, -0.2) is 90.1 Å². The summed E-state index contributed by atoms with van der Waals surface area (Å²) in [6, 6.07) is 11.3. The highest BCUT2D eigenvalue weighted by Gasteiger charge is 2.43. The third-order valence-electron chi connectivity index (χ3n) is 7.74. The first-order valence-corrected chi connectivity index (χ1v) is 13.0. The standard InChI is InChI=1S/C27H32FN5O5/c1-2-38-27(35)31-12-10-30(11-13-31)26(34)23-16-20-15-22(33(36)37)7-8-24(20)32-14-9-29(18-25(23)32)17-19-3-5-21(28)6-4-19/h3-8,15,23,25H,2,9-14,16-18H2,1H3. The van der Waals surface area contributed by atoms with Gasteiger partial charge in [-0.15, -0.1) is 0 Å². The number of piperazine rings is 2. The number of hydrogen-bond donors (Lipinski definition) is 0. The van der Waals surface area contributed by atoms with Crippen LogP contribution in [0, 0.1) is 21.8 Å². The molecule has 2 aromatic rings. The summed E-state index contributed by atoms with van der Waals surface area (Å²) in [6.45, 7) is 6.44. The van der Waals surface area contributed by atoms with E-state index in [-0.39, 0.29) is 35.5 Å². The summed E-state index contributed by atoms with van der Waals surface area (Å²) in [4.78, 5) is 45.0. The summed E-state index contributed by atoms with van der Waals surface area (Å²) < 4.78 is 18.5. The molecule has 5 rings (SSSR count). The molecule has 11 heteroatoms. The number of fused-ring (bicyclic) bond motifs is 3. The Hall–Kier alpha value is -3.73. The number of amides is 2. The molecule has 2 unspecified atom stereocenters. The zero-order valence-electron chi connectivity index (χ0n) is 21.4. The van der Waals surface area contributed by atoms with Crippen molar-refractivity contribution < 1.29 is 23.6 Å².